The number of carbonyl (C=O) groups is 1. The van der Waals surface area contributed by atoms with Crippen LogP contribution in [0.5, 0.6) is 5.75 Å². The zero-order chi connectivity index (χ0) is 13.6. The van der Waals surface area contributed by atoms with Crippen LogP contribution in [-0.2, 0) is 6.42 Å². The van der Waals surface area contributed by atoms with Crippen molar-refractivity contribution in [1.29, 1.82) is 0 Å². The highest BCUT2D eigenvalue weighted by Crippen LogP contribution is 2.37. The molecule has 1 unspecified atom stereocenters. The molecular formula is C15H15NO3. The number of fused-ring (bicyclic) bond motifs is 2. The number of hydrogen-bond donors (Lipinski definition) is 1. The molecular weight excluding hydrogens is 242 g/mol. The zero-order valence-electron chi connectivity index (χ0n) is 10.9. The predicted octanol–water partition coefficient (Wildman–Crippen LogP) is 2.99. The van der Waals surface area contributed by atoms with Crippen molar-refractivity contribution < 1.29 is 14.6 Å². The Labute approximate surface area is 111 Å². The fourth-order valence-corrected chi connectivity index (χ4v) is 2.83. The smallest absolute Gasteiger partial charge is 0.336 e. The van der Waals surface area contributed by atoms with Gasteiger partial charge in [-0.1, -0.05) is 6.92 Å². The first-order chi connectivity index (χ1) is 9.11. The van der Waals surface area contributed by atoms with Crippen molar-refractivity contribution in [2.75, 3.05) is 7.11 Å². The van der Waals surface area contributed by atoms with E-state index in [2.05, 4.69) is 11.9 Å². The standard InChI is InChI=1S/C15H15NO3/c1-8-3-5-10-13(15(17)18)11-7-9(19-2)4-6-12(11)16-14(8)10/h4,6-8H,3,5H2,1-2H3,(H,17,18). The van der Waals surface area contributed by atoms with Crippen molar-refractivity contribution in [3.63, 3.8) is 0 Å². The molecule has 0 saturated heterocycles. The Hall–Kier alpha value is -2.10. The SMILES string of the molecule is COc1ccc2nc3c(c(C(=O)O)c2c1)CCC3C. The lowest BCUT2D eigenvalue weighted by Gasteiger charge is -2.11. The second kappa shape index (κ2) is 4.23. The van der Waals surface area contributed by atoms with Crippen LogP contribution in [0.3, 0.4) is 0 Å². The van der Waals surface area contributed by atoms with Gasteiger partial charge in [0.2, 0.25) is 0 Å². The summed E-state index contributed by atoms with van der Waals surface area (Å²) in [6, 6.07) is 5.40. The van der Waals surface area contributed by atoms with E-state index in [0.717, 1.165) is 29.6 Å². The third kappa shape index (κ3) is 1.75. The fraction of sp³-hybridized carbons (Fsp3) is 0.333. The third-order valence-electron chi connectivity index (χ3n) is 3.83. The molecule has 1 N–H and O–H groups in total. The van der Waals surface area contributed by atoms with Crippen molar-refractivity contribution in [2.24, 2.45) is 0 Å². The highest BCUT2D eigenvalue weighted by molar-refractivity contribution is 6.04. The Bertz CT molecular complexity index is 679. The van der Waals surface area contributed by atoms with Gasteiger partial charge in [0.15, 0.2) is 0 Å². The van der Waals surface area contributed by atoms with Crippen LogP contribution >= 0.6 is 0 Å². The maximum Gasteiger partial charge on any atom is 0.336 e. The lowest BCUT2D eigenvalue weighted by molar-refractivity contribution is 0.0698. The molecule has 1 atom stereocenters. The van der Waals surface area contributed by atoms with Gasteiger partial charge in [-0.05, 0) is 42.5 Å². The van der Waals surface area contributed by atoms with E-state index in [-0.39, 0.29) is 0 Å². The molecule has 0 spiro atoms. The van der Waals surface area contributed by atoms with Gasteiger partial charge in [0, 0.05) is 11.1 Å². The molecule has 0 fully saturated rings. The Morgan fingerprint density at radius 3 is 2.95 bits per heavy atom. The highest BCUT2D eigenvalue weighted by Gasteiger charge is 2.27. The second-order valence-corrected chi connectivity index (χ2v) is 4.98. The zero-order valence-corrected chi connectivity index (χ0v) is 10.9. The minimum Gasteiger partial charge on any atom is -0.497 e. The van der Waals surface area contributed by atoms with Gasteiger partial charge >= 0.3 is 5.97 Å². The van der Waals surface area contributed by atoms with E-state index in [4.69, 9.17) is 4.74 Å². The summed E-state index contributed by atoms with van der Waals surface area (Å²) in [5, 5.41) is 10.2. The highest BCUT2D eigenvalue weighted by atomic mass is 16.5. The Balaban J connectivity index is 2.39. The predicted molar refractivity (Wildman–Crippen MR) is 72.0 cm³/mol. The van der Waals surface area contributed by atoms with Crippen molar-refractivity contribution in [2.45, 2.75) is 25.7 Å². The van der Waals surface area contributed by atoms with E-state index in [1.54, 1.807) is 13.2 Å². The number of rotatable bonds is 2. The maximum absolute atomic E-state index is 11.6. The fourth-order valence-electron chi connectivity index (χ4n) is 2.83. The summed E-state index contributed by atoms with van der Waals surface area (Å²) in [6.07, 6.45) is 1.76. The van der Waals surface area contributed by atoms with Gasteiger partial charge in [0.25, 0.3) is 0 Å². The first-order valence-corrected chi connectivity index (χ1v) is 6.35. The van der Waals surface area contributed by atoms with Gasteiger partial charge in [-0.15, -0.1) is 0 Å². The number of aromatic carboxylic acids is 1. The number of ether oxygens (including phenoxy) is 1. The molecule has 98 valence electrons. The molecule has 1 aromatic heterocycles. The van der Waals surface area contributed by atoms with Gasteiger partial charge in [0.05, 0.1) is 18.2 Å². The van der Waals surface area contributed by atoms with Crippen LogP contribution in [-0.4, -0.2) is 23.2 Å². The van der Waals surface area contributed by atoms with E-state index < -0.39 is 5.97 Å². The van der Waals surface area contributed by atoms with E-state index >= 15 is 0 Å². The van der Waals surface area contributed by atoms with Gasteiger partial charge in [0.1, 0.15) is 5.75 Å². The number of carboxylic acids is 1. The molecule has 1 aromatic carbocycles. The number of methoxy groups -OCH3 is 1. The van der Waals surface area contributed by atoms with Crippen molar-refractivity contribution in [3.05, 3.63) is 35.0 Å². The summed E-state index contributed by atoms with van der Waals surface area (Å²) >= 11 is 0. The molecule has 0 saturated carbocycles. The van der Waals surface area contributed by atoms with Crippen LogP contribution < -0.4 is 4.74 Å². The van der Waals surface area contributed by atoms with Gasteiger partial charge in [-0.3, -0.25) is 4.98 Å². The van der Waals surface area contributed by atoms with Crippen LogP contribution in [0.1, 0.15) is 40.9 Å². The first kappa shape index (κ1) is 12.0. The minimum absolute atomic E-state index is 0.333. The van der Waals surface area contributed by atoms with Crippen molar-refractivity contribution in [3.8, 4) is 5.75 Å². The van der Waals surface area contributed by atoms with E-state index in [1.165, 1.54) is 0 Å². The average Bonchev–Trinajstić information content (AvgIpc) is 2.76. The third-order valence-corrected chi connectivity index (χ3v) is 3.83. The number of carboxylic acid groups (broad SMARTS) is 1. The summed E-state index contributed by atoms with van der Waals surface area (Å²) in [6.45, 7) is 2.10. The van der Waals surface area contributed by atoms with Crippen LogP contribution in [0.25, 0.3) is 10.9 Å². The normalized spacial score (nSPS) is 17.5. The van der Waals surface area contributed by atoms with Crippen molar-refractivity contribution in [1.82, 2.24) is 4.98 Å². The molecule has 0 bridgehead atoms. The Kier molecular flexibility index (Phi) is 2.66. The molecule has 0 radical (unpaired) electrons. The summed E-state index contributed by atoms with van der Waals surface area (Å²) < 4.78 is 5.18. The lowest BCUT2D eigenvalue weighted by Crippen LogP contribution is -2.06. The number of hydrogen-bond acceptors (Lipinski definition) is 3. The van der Waals surface area contributed by atoms with Crippen LogP contribution in [0, 0.1) is 0 Å². The van der Waals surface area contributed by atoms with E-state index in [1.807, 2.05) is 12.1 Å². The molecule has 19 heavy (non-hydrogen) atoms. The molecule has 0 amide bonds. The summed E-state index contributed by atoms with van der Waals surface area (Å²) in [7, 11) is 1.57. The molecule has 1 aliphatic rings. The summed E-state index contributed by atoms with van der Waals surface area (Å²) in [5.41, 5.74) is 2.95. The van der Waals surface area contributed by atoms with E-state index in [0.29, 0.717) is 22.6 Å². The van der Waals surface area contributed by atoms with Gasteiger partial charge in [-0.25, -0.2) is 4.79 Å². The van der Waals surface area contributed by atoms with Crippen LogP contribution in [0.4, 0.5) is 0 Å². The van der Waals surface area contributed by atoms with E-state index in [9.17, 15) is 9.90 Å². The molecule has 1 heterocycles. The minimum atomic E-state index is -0.883. The molecule has 4 nitrogen and oxygen atoms in total. The first-order valence-electron chi connectivity index (χ1n) is 6.35. The Morgan fingerprint density at radius 2 is 2.26 bits per heavy atom. The average molecular weight is 257 g/mol. The molecule has 3 rings (SSSR count). The maximum atomic E-state index is 11.6. The topological polar surface area (TPSA) is 59.4 Å². The molecule has 0 aliphatic heterocycles. The number of pyridine rings is 1. The summed E-state index contributed by atoms with van der Waals surface area (Å²) in [5.74, 6) is 0.105. The Morgan fingerprint density at radius 1 is 1.47 bits per heavy atom. The van der Waals surface area contributed by atoms with Crippen molar-refractivity contribution >= 4 is 16.9 Å². The largest absolute Gasteiger partial charge is 0.497 e. The van der Waals surface area contributed by atoms with Crippen LogP contribution in [0.15, 0.2) is 18.2 Å². The monoisotopic (exact) mass is 257 g/mol. The lowest BCUT2D eigenvalue weighted by atomic mass is 10.0. The molecule has 4 heteroatoms. The number of aromatic nitrogens is 1. The number of nitrogens with zero attached hydrogens (tertiary/aromatic N) is 1. The van der Waals surface area contributed by atoms with Crippen LogP contribution in [0.2, 0.25) is 0 Å². The second-order valence-electron chi connectivity index (χ2n) is 4.98. The van der Waals surface area contributed by atoms with Gasteiger partial charge < -0.3 is 9.84 Å². The molecule has 1 aliphatic carbocycles. The van der Waals surface area contributed by atoms with Gasteiger partial charge in [-0.2, -0.15) is 0 Å². The summed E-state index contributed by atoms with van der Waals surface area (Å²) in [4.78, 5) is 16.2. The number of benzene rings is 1. The molecule has 2 aromatic rings. The quantitative estimate of drug-likeness (QED) is 0.898.